The Hall–Kier alpha value is -3.80. The lowest BCUT2D eigenvalue weighted by Gasteiger charge is -2.15. The van der Waals surface area contributed by atoms with Gasteiger partial charge in [-0.15, -0.1) is 0 Å². The van der Waals surface area contributed by atoms with E-state index in [1.807, 2.05) is 35.0 Å². The first-order chi connectivity index (χ1) is 19.3. The molecule has 40 heavy (non-hydrogen) atoms. The van der Waals surface area contributed by atoms with Gasteiger partial charge in [0.2, 0.25) is 17.0 Å². The third-order valence-corrected chi connectivity index (χ3v) is 8.33. The van der Waals surface area contributed by atoms with Crippen LogP contribution in [0.4, 0.5) is 0 Å². The molecule has 5 heterocycles. The predicted octanol–water partition coefficient (Wildman–Crippen LogP) is 5.75. The summed E-state index contributed by atoms with van der Waals surface area (Å²) in [6.45, 7) is 8.82. The molecular weight excluding hydrogens is 548 g/mol. The van der Waals surface area contributed by atoms with Crippen LogP contribution in [0.5, 0.6) is 17.5 Å². The van der Waals surface area contributed by atoms with Crippen molar-refractivity contribution >= 4 is 41.7 Å². The van der Waals surface area contributed by atoms with E-state index in [1.165, 1.54) is 0 Å². The van der Waals surface area contributed by atoms with E-state index in [4.69, 9.17) is 30.5 Å². The van der Waals surface area contributed by atoms with Gasteiger partial charge < -0.3 is 23.5 Å². The fourth-order valence-electron chi connectivity index (χ4n) is 4.40. The maximum atomic E-state index is 6.41. The van der Waals surface area contributed by atoms with Crippen molar-refractivity contribution in [2.45, 2.75) is 39.0 Å². The van der Waals surface area contributed by atoms with Crippen LogP contribution in [-0.2, 0) is 18.1 Å². The first kappa shape index (κ1) is 26.4. The summed E-state index contributed by atoms with van der Waals surface area (Å²) >= 11 is 6.41. The van der Waals surface area contributed by atoms with Crippen molar-refractivity contribution in [3.8, 4) is 28.6 Å². The van der Waals surface area contributed by atoms with Crippen molar-refractivity contribution in [3.63, 3.8) is 0 Å². The zero-order valence-corrected chi connectivity index (χ0v) is 24.3. The highest BCUT2D eigenvalue weighted by molar-refractivity contribution is 6.76. The lowest BCUT2D eigenvalue weighted by Crippen LogP contribution is -2.22. The molecule has 0 saturated carbocycles. The van der Waals surface area contributed by atoms with Gasteiger partial charge in [0.1, 0.15) is 32.3 Å². The maximum absolute atomic E-state index is 6.41. The summed E-state index contributed by atoms with van der Waals surface area (Å²) in [7, 11) is -1.23. The minimum Gasteiger partial charge on any atom is -0.488 e. The molecule has 0 N–H and O–H groups in total. The summed E-state index contributed by atoms with van der Waals surface area (Å²) in [6, 6.07) is 8.84. The molecule has 12 heteroatoms. The molecule has 0 saturated heterocycles. The molecule has 0 spiro atoms. The van der Waals surface area contributed by atoms with E-state index in [2.05, 4.69) is 44.6 Å². The molecule has 206 valence electrons. The van der Waals surface area contributed by atoms with Crippen LogP contribution < -0.4 is 14.2 Å². The molecule has 5 bridgehead atoms. The molecule has 1 aliphatic rings. The monoisotopic (exact) mass is 576 g/mol. The largest absolute Gasteiger partial charge is 0.488 e. The number of benzene rings is 1. The van der Waals surface area contributed by atoms with Crippen molar-refractivity contribution in [2.24, 2.45) is 0 Å². The average Bonchev–Trinajstić information content (AvgIpc) is 3.29. The van der Waals surface area contributed by atoms with Crippen LogP contribution >= 0.6 is 11.6 Å². The molecule has 10 nitrogen and oxygen atoms in total. The Morgan fingerprint density at radius 2 is 1.85 bits per heavy atom. The molecule has 0 radical (unpaired) electrons. The molecule has 0 unspecified atom stereocenters. The third kappa shape index (κ3) is 5.86. The van der Waals surface area contributed by atoms with Crippen molar-refractivity contribution in [3.05, 3.63) is 59.9 Å². The smallest absolute Gasteiger partial charge is 0.233 e. The summed E-state index contributed by atoms with van der Waals surface area (Å²) in [4.78, 5) is 22.5. The van der Waals surface area contributed by atoms with Crippen LogP contribution in [0.3, 0.4) is 0 Å². The lowest BCUT2D eigenvalue weighted by atomic mass is 10.1. The second-order valence-corrected chi connectivity index (χ2v) is 16.7. The number of rotatable bonds is 5. The Balaban J connectivity index is 1.47. The Bertz CT molecular complexity index is 1690. The highest BCUT2D eigenvalue weighted by Crippen LogP contribution is 2.37. The quantitative estimate of drug-likeness (QED) is 0.147. The minimum absolute atomic E-state index is 0.0859. The summed E-state index contributed by atoms with van der Waals surface area (Å²) in [5, 5.41) is 0.811. The van der Waals surface area contributed by atoms with E-state index in [0.29, 0.717) is 55.2 Å². The molecule has 0 amide bonds. The van der Waals surface area contributed by atoms with Crippen molar-refractivity contribution in [1.29, 1.82) is 0 Å². The maximum Gasteiger partial charge on any atom is 0.233 e. The normalized spacial score (nSPS) is 13.7. The summed E-state index contributed by atoms with van der Waals surface area (Å²) in [6.07, 6.45) is 6.99. The molecule has 6 rings (SSSR count). The van der Waals surface area contributed by atoms with Crippen LogP contribution in [-0.4, -0.2) is 57.4 Å². The van der Waals surface area contributed by atoms with E-state index >= 15 is 0 Å². The topological polar surface area (TPSA) is 106 Å². The zero-order valence-electron chi connectivity index (χ0n) is 22.6. The van der Waals surface area contributed by atoms with Crippen LogP contribution in [0.25, 0.3) is 33.2 Å². The van der Waals surface area contributed by atoms with Crippen LogP contribution in [0.2, 0.25) is 31.0 Å². The van der Waals surface area contributed by atoms with Gasteiger partial charge in [-0.3, -0.25) is 4.98 Å². The number of fused-ring (bicyclic) bond motifs is 5. The van der Waals surface area contributed by atoms with Crippen molar-refractivity contribution in [1.82, 2.24) is 29.5 Å². The van der Waals surface area contributed by atoms with Crippen LogP contribution in [0.1, 0.15) is 5.56 Å². The molecular formula is C28H29ClN6O4Si. The van der Waals surface area contributed by atoms with Crippen molar-refractivity contribution < 1.29 is 18.9 Å². The zero-order chi connectivity index (χ0) is 27.7. The number of pyridine rings is 1. The van der Waals surface area contributed by atoms with E-state index in [-0.39, 0.29) is 11.9 Å². The highest BCUT2D eigenvalue weighted by Gasteiger charge is 2.21. The fourth-order valence-corrected chi connectivity index (χ4v) is 5.32. The number of hydrogen-bond acceptors (Lipinski definition) is 9. The SMILES string of the molecule is C[Si](C)(C)CCOCn1cc2c3c(nc(Cl)nc31)OCc1cncc(c1)OCCOc1cnc3ccc-2cc3n1. The Kier molecular flexibility index (Phi) is 7.26. The van der Waals surface area contributed by atoms with Gasteiger partial charge in [-0.05, 0) is 41.4 Å². The van der Waals surface area contributed by atoms with Crippen LogP contribution in [0, 0.1) is 0 Å². The molecule has 0 aliphatic carbocycles. The minimum atomic E-state index is -1.23. The van der Waals surface area contributed by atoms with E-state index < -0.39 is 8.07 Å². The Labute approximate surface area is 237 Å². The van der Waals surface area contributed by atoms with Gasteiger partial charge in [0.05, 0.1) is 28.8 Å². The van der Waals surface area contributed by atoms with Gasteiger partial charge in [-0.2, -0.15) is 9.97 Å². The molecule has 0 atom stereocenters. The number of aromatic nitrogens is 6. The molecule has 1 aromatic carbocycles. The van der Waals surface area contributed by atoms with Gasteiger partial charge in [0, 0.05) is 38.2 Å². The first-order valence-electron chi connectivity index (χ1n) is 13.1. The fraction of sp³-hybridized carbons (Fsp3) is 0.321. The molecule has 0 fully saturated rings. The third-order valence-electron chi connectivity index (χ3n) is 6.46. The second kappa shape index (κ2) is 11.0. The van der Waals surface area contributed by atoms with E-state index in [1.54, 1.807) is 18.6 Å². The number of hydrogen-bond donors (Lipinski definition) is 0. The molecule has 5 aromatic rings. The van der Waals surface area contributed by atoms with E-state index in [0.717, 1.165) is 33.6 Å². The van der Waals surface area contributed by atoms with Gasteiger partial charge in [0.25, 0.3) is 0 Å². The lowest BCUT2D eigenvalue weighted by molar-refractivity contribution is 0.0899. The van der Waals surface area contributed by atoms with Crippen molar-refractivity contribution in [2.75, 3.05) is 19.8 Å². The van der Waals surface area contributed by atoms with Crippen LogP contribution in [0.15, 0.2) is 49.1 Å². The number of nitrogens with zero attached hydrogens (tertiary/aromatic N) is 6. The first-order valence-corrected chi connectivity index (χ1v) is 17.1. The predicted molar refractivity (Wildman–Crippen MR) is 155 cm³/mol. The summed E-state index contributed by atoms with van der Waals surface area (Å²) < 4.78 is 25.9. The average molecular weight is 577 g/mol. The second-order valence-electron chi connectivity index (χ2n) is 10.8. The summed E-state index contributed by atoms with van der Waals surface area (Å²) in [5.41, 5.74) is 4.65. The number of halogens is 1. The van der Waals surface area contributed by atoms with Gasteiger partial charge in [0.15, 0.2) is 5.65 Å². The Morgan fingerprint density at radius 3 is 2.73 bits per heavy atom. The van der Waals surface area contributed by atoms with Gasteiger partial charge >= 0.3 is 0 Å². The Morgan fingerprint density at radius 1 is 0.975 bits per heavy atom. The summed E-state index contributed by atoms with van der Waals surface area (Å²) in [5.74, 6) is 1.39. The van der Waals surface area contributed by atoms with Gasteiger partial charge in [-0.1, -0.05) is 25.7 Å². The highest BCUT2D eigenvalue weighted by atomic mass is 35.5. The molecule has 4 aromatic heterocycles. The number of ether oxygens (including phenoxy) is 4. The standard InChI is InChI=1S/C28H29ClN6O4Si/c1-40(2,3)9-8-36-17-35-15-21-19-4-5-22-23(11-19)32-24(14-31-22)38-7-6-37-20-10-18(12-30-13-20)16-39-27-25(21)26(35)33-28(29)34-27/h4-5,10-15H,6-9,16-17H2,1-3H3. The van der Waals surface area contributed by atoms with Gasteiger partial charge in [-0.25, -0.2) is 9.97 Å². The van der Waals surface area contributed by atoms with E-state index in [9.17, 15) is 0 Å². The molecule has 1 aliphatic heterocycles.